The van der Waals surface area contributed by atoms with Gasteiger partial charge in [-0.15, -0.1) is 12.4 Å². The molecule has 6 heteroatoms. The Morgan fingerprint density at radius 1 is 1.00 bits per heavy atom. The van der Waals surface area contributed by atoms with Gasteiger partial charge in [-0.05, 0) is 49.2 Å². The quantitative estimate of drug-likeness (QED) is 0.849. The Kier molecular flexibility index (Phi) is 7.12. The molecule has 26 heavy (non-hydrogen) atoms. The van der Waals surface area contributed by atoms with E-state index in [2.05, 4.69) is 17.1 Å². The third-order valence-corrected chi connectivity index (χ3v) is 4.85. The first-order chi connectivity index (χ1) is 12.0. The van der Waals surface area contributed by atoms with Crippen LogP contribution in [-0.4, -0.2) is 41.3 Å². The summed E-state index contributed by atoms with van der Waals surface area (Å²) in [5, 5.41) is 13.7. The van der Waals surface area contributed by atoms with E-state index in [1.54, 1.807) is 31.2 Å². The van der Waals surface area contributed by atoms with Crippen molar-refractivity contribution in [2.45, 2.75) is 38.1 Å². The molecule has 1 aliphatic heterocycles. The second kappa shape index (κ2) is 8.91. The van der Waals surface area contributed by atoms with Gasteiger partial charge in [0.15, 0.2) is 0 Å². The molecule has 3 rings (SSSR count). The second-order valence-corrected chi connectivity index (χ2v) is 6.82. The predicted octanol–water partition coefficient (Wildman–Crippen LogP) is 3.52. The minimum atomic E-state index is -0.525. The van der Waals surface area contributed by atoms with Crippen LogP contribution < -0.4 is 5.32 Å². The monoisotopic (exact) mass is 382 g/mol. The molecule has 142 valence electrons. The van der Waals surface area contributed by atoms with Crippen molar-refractivity contribution in [3.8, 4) is 0 Å². The molecule has 0 radical (unpaired) electrons. The van der Waals surface area contributed by atoms with Crippen LogP contribution in [0.2, 0.25) is 0 Å². The molecule has 0 spiro atoms. The Bertz CT molecular complexity index is 648. The predicted molar refractivity (Wildman–Crippen MR) is 102 cm³/mol. The van der Waals surface area contributed by atoms with Crippen molar-refractivity contribution in [2.75, 3.05) is 13.1 Å². The third-order valence-electron chi connectivity index (χ3n) is 4.85. The van der Waals surface area contributed by atoms with Crippen molar-refractivity contribution in [1.29, 1.82) is 0 Å². The van der Waals surface area contributed by atoms with Crippen LogP contribution in [0.3, 0.4) is 0 Å². The number of hydrogen-bond acceptors (Lipinski definition) is 3. The molecule has 1 unspecified atom stereocenters. The van der Waals surface area contributed by atoms with Crippen molar-refractivity contribution >= 4 is 12.4 Å². The van der Waals surface area contributed by atoms with Crippen molar-refractivity contribution in [3.63, 3.8) is 0 Å². The molecule has 2 aromatic carbocycles. The summed E-state index contributed by atoms with van der Waals surface area (Å²) in [7, 11) is 0. The lowest BCUT2D eigenvalue weighted by molar-refractivity contribution is 0.0160. The highest BCUT2D eigenvalue weighted by molar-refractivity contribution is 5.85. The third kappa shape index (κ3) is 4.60. The van der Waals surface area contributed by atoms with E-state index in [-0.39, 0.29) is 42.2 Å². The number of rotatable bonds is 4. The van der Waals surface area contributed by atoms with Crippen LogP contribution in [0.15, 0.2) is 48.5 Å². The molecule has 1 saturated heterocycles. The zero-order chi connectivity index (χ0) is 18.0. The van der Waals surface area contributed by atoms with Gasteiger partial charge in [0.2, 0.25) is 0 Å². The van der Waals surface area contributed by atoms with Crippen LogP contribution in [-0.2, 0) is 0 Å². The number of nitrogens with one attached hydrogen (secondary N) is 1. The highest BCUT2D eigenvalue weighted by Gasteiger charge is 2.35. The molecular formula is C20H25ClF2N2O. The maximum absolute atomic E-state index is 13.4. The molecule has 0 bridgehead atoms. The zero-order valence-corrected chi connectivity index (χ0v) is 15.7. The minimum Gasteiger partial charge on any atom is -0.392 e. The maximum atomic E-state index is 13.4. The molecule has 0 aliphatic carbocycles. The first-order valence-electron chi connectivity index (χ1n) is 8.64. The summed E-state index contributed by atoms with van der Waals surface area (Å²) in [6, 6.07) is 12.8. The molecule has 0 aromatic heterocycles. The first kappa shape index (κ1) is 20.8. The van der Waals surface area contributed by atoms with E-state index in [0.29, 0.717) is 6.54 Å². The number of aliphatic hydroxyl groups is 1. The van der Waals surface area contributed by atoms with Gasteiger partial charge in [0.1, 0.15) is 11.6 Å². The van der Waals surface area contributed by atoms with Gasteiger partial charge in [0, 0.05) is 25.2 Å². The lowest BCUT2D eigenvalue weighted by atomic mass is 9.92. The van der Waals surface area contributed by atoms with Gasteiger partial charge in [0.05, 0.1) is 12.1 Å². The van der Waals surface area contributed by atoms with Crippen LogP contribution in [0, 0.1) is 11.6 Å². The number of hydrogen-bond donors (Lipinski definition) is 2. The fourth-order valence-electron chi connectivity index (χ4n) is 3.57. The number of piperazine rings is 1. The molecule has 1 aliphatic rings. The van der Waals surface area contributed by atoms with E-state index in [1.165, 1.54) is 24.3 Å². The summed E-state index contributed by atoms with van der Waals surface area (Å²) in [6.07, 6.45) is -0.525. The second-order valence-electron chi connectivity index (χ2n) is 6.82. The van der Waals surface area contributed by atoms with Gasteiger partial charge >= 0.3 is 0 Å². The van der Waals surface area contributed by atoms with Gasteiger partial charge in [-0.2, -0.15) is 0 Å². The fraction of sp³-hybridized carbons (Fsp3) is 0.400. The standard InChI is InChI=1S/C20H24F2N2O.ClH/c1-13-12-24(19(11-23-13)14(2)25)20(15-3-7-17(21)8-4-15)16-5-9-18(22)10-6-16;/h3-10,13-14,19-20,23,25H,11-12H2,1-2H3;1H/t13-,14?,19-;/m0./s1. The number of halogens is 3. The fourth-order valence-corrected chi connectivity index (χ4v) is 3.57. The number of benzene rings is 2. The van der Waals surface area contributed by atoms with Crippen LogP contribution in [0.5, 0.6) is 0 Å². The Balaban J connectivity index is 0.00000243. The zero-order valence-electron chi connectivity index (χ0n) is 14.9. The SMILES string of the molecule is CC(O)[C@@H]1CN[C@@H](C)CN1C(c1ccc(F)cc1)c1ccc(F)cc1.Cl. The minimum absolute atomic E-state index is 0. The molecule has 0 amide bonds. The first-order valence-corrected chi connectivity index (χ1v) is 8.64. The smallest absolute Gasteiger partial charge is 0.123 e. The average Bonchev–Trinajstić information content (AvgIpc) is 2.58. The van der Waals surface area contributed by atoms with Gasteiger partial charge < -0.3 is 10.4 Å². The number of aliphatic hydroxyl groups excluding tert-OH is 1. The lowest BCUT2D eigenvalue weighted by Crippen LogP contribution is -2.60. The normalized spacial score (nSPS) is 22.1. The van der Waals surface area contributed by atoms with Crippen LogP contribution in [0.1, 0.15) is 31.0 Å². The average molecular weight is 383 g/mol. The summed E-state index contributed by atoms with van der Waals surface area (Å²) < 4.78 is 26.8. The highest BCUT2D eigenvalue weighted by Crippen LogP contribution is 2.32. The Labute approximate surface area is 159 Å². The van der Waals surface area contributed by atoms with E-state index in [0.717, 1.165) is 17.7 Å². The Morgan fingerprint density at radius 3 is 1.88 bits per heavy atom. The van der Waals surface area contributed by atoms with Crippen LogP contribution in [0.25, 0.3) is 0 Å². The van der Waals surface area contributed by atoms with Crippen LogP contribution >= 0.6 is 12.4 Å². The van der Waals surface area contributed by atoms with E-state index < -0.39 is 6.10 Å². The lowest BCUT2D eigenvalue weighted by Gasteiger charge is -2.45. The molecule has 1 fully saturated rings. The van der Waals surface area contributed by atoms with Crippen molar-refractivity contribution in [1.82, 2.24) is 10.2 Å². The van der Waals surface area contributed by atoms with Gasteiger partial charge in [-0.1, -0.05) is 24.3 Å². The molecule has 0 saturated carbocycles. The molecule has 3 nitrogen and oxygen atoms in total. The maximum Gasteiger partial charge on any atom is 0.123 e. The van der Waals surface area contributed by atoms with Crippen molar-refractivity contribution in [3.05, 3.63) is 71.3 Å². The van der Waals surface area contributed by atoms with Crippen LogP contribution in [0.4, 0.5) is 8.78 Å². The molecule has 2 N–H and O–H groups in total. The number of nitrogens with zero attached hydrogens (tertiary/aromatic N) is 1. The van der Waals surface area contributed by atoms with E-state index >= 15 is 0 Å². The van der Waals surface area contributed by atoms with E-state index in [9.17, 15) is 13.9 Å². The summed E-state index contributed by atoms with van der Waals surface area (Å²) in [5.41, 5.74) is 1.85. The highest BCUT2D eigenvalue weighted by atomic mass is 35.5. The topological polar surface area (TPSA) is 35.5 Å². The summed E-state index contributed by atoms with van der Waals surface area (Å²) in [4.78, 5) is 2.23. The Morgan fingerprint density at radius 2 is 1.46 bits per heavy atom. The van der Waals surface area contributed by atoms with E-state index in [1.807, 2.05) is 0 Å². The Hall–Kier alpha value is -1.53. The van der Waals surface area contributed by atoms with Gasteiger partial charge in [-0.3, -0.25) is 4.90 Å². The molecule has 2 aromatic rings. The van der Waals surface area contributed by atoms with Crippen molar-refractivity contribution in [2.24, 2.45) is 0 Å². The summed E-state index contributed by atoms with van der Waals surface area (Å²) in [5.74, 6) is -0.579. The molecular weight excluding hydrogens is 358 g/mol. The summed E-state index contributed by atoms with van der Waals surface area (Å²) >= 11 is 0. The van der Waals surface area contributed by atoms with Gasteiger partial charge in [-0.25, -0.2) is 8.78 Å². The molecule has 3 atom stereocenters. The summed E-state index contributed by atoms with van der Waals surface area (Å²) in [6.45, 7) is 5.27. The van der Waals surface area contributed by atoms with E-state index in [4.69, 9.17) is 0 Å². The molecule has 1 heterocycles. The van der Waals surface area contributed by atoms with Gasteiger partial charge in [0.25, 0.3) is 0 Å². The van der Waals surface area contributed by atoms with Crippen molar-refractivity contribution < 1.29 is 13.9 Å². The largest absolute Gasteiger partial charge is 0.392 e.